The summed E-state index contributed by atoms with van der Waals surface area (Å²) in [5.41, 5.74) is 2.73. The molecule has 0 saturated heterocycles. The molecule has 2 N–H and O–H groups in total. The van der Waals surface area contributed by atoms with Crippen LogP contribution >= 0.6 is 11.6 Å². The van der Waals surface area contributed by atoms with Gasteiger partial charge >= 0.3 is 0 Å². The lowest BCUT2D eigenvalue weighted by Gasteiger charge is -2.05. The van der Waals surface area contributed by atoms with Gasteiger partial charge in [-0.25, -0.2) is 4.98 Å². The van der Waals surface area contributed by atoms with Crippen LogP contribution in [0.2, 0.25) is 5.02 Å². The number of oxazole rings is 1. The highest BCUT2D eigenvalue weighted by atomic mass is 35.5. The molecule has 2 heterocycles. The van der Waals surface area contributed by atoms with Gasteiger partial charge in [0.1, 0.15) is 5.78 Å². The summed E-state index contributed by atoms with van der Waals surface area (Å²) >= 11 is 6.36. The van der Waals surface area contributed by atoms with Gasteiger partial charge in [-0.15, -0.1) is 0 Å². The Morgan fingerprint density at radius 2 is 1.97 bits per heavy atom. The average Bonchev–Trinajstić information content (AvgIpc) is 3.17. The molecule has 0 fully saturated rings. The van der Waals surface area contributed by atoms with E-state index in [2.05, 4.69) is 15.3 Å². The molecule has 0 unspecified atom stereocenters. The van der Waals surface area contributed by atoms with Gasteiger partial charge in [-0.2, -0.15) is 0 Å². The number of aliphatic hydroxyl groups excluding tert-OH is 1. The zero-order valence-electron chi connectivity index (χ0n) is 17.4. The van der Waals surface area contributed by atoms with Gasteiger partial charge in [0.25, 0.3) is 5.91 Å². The molecule has 0 radical (unpaired) electrons. The average molecular weight is 442 g/mol. The number of amides is 1. The topological polar surface area (TPSA) is 105 Å². The van der Waals surface area contributed by atoms with Gasteiger partial charge in [0, 0.05) is 42.6 Å². The Bertz CT molecular complexity index is 1090. The zero-order valence-corrected chi connectivity index (χ0v) is 18.2. The molecule has 1 amide bonds. The summed E-state index contributed by atoms with van der Waals surface area (Å²) in [5, 5.41) is 12.2. The van der Waals surface area contributed by atoms with Gasteiger partial charge in [-0.1, -0.05) is 23.7 Å². The minimum absolute atomic E-state index is 0.00518. The number of benzene rings is 1. The summed E-state index contributed by atoms with van der Waals surface area (Å²) in [5.74, 6) is 0.123. The Hall–Kier alpha value is -3.03. The number of aryl methyl sites for hydroxylation is 1. The summed E-state index contributed by atoms with van der Waals surface area (Å²) in [7, 11) is 0. The van der Waals surface area contributed by atoms with E-state index >= 15 is 0 Å². The highest BCUT2D eigenvalue weighted by Crippen LogP contribution is 2.35. The minimum atomic E-state index is -0.390. The number of carbonyl (C=O) groups is 2. The highest BCUT2D eigenvalue weighted by molar-refractivity contribution is 6.33. The van der Waals surface area contributed by atoms with E-state index in [1.165, 1.54) is 6.92 Å². The first-order chi connectivity index (χ1) is 14.9. The third-order valence-corrected chi connectivity index (χ3v) is 4.98. The quantitative estimate of drug-likeness (QED) is 0.486. The fourth-order valence-electron chi connectivity index (χ4n) is 3.09. The summed E-state index contributed by atoms with van der Waals surface area (Å²) in [4.78, 5) is 33.1. The Morgan fingerprint density at radius 3 is 2.68 bits per heavy atom. The van der Waals surface area contributed by atoms with Crippen LogP contribution in [0.1, 0.15) is 41.5 Å². The van der Waals surface area contributed by atoms with Crippen LogP contribution in [0.4, 0.5) is 0 Å². The van der Waals surface area contributed by atoms with Gasteiger partial charge in [0.15, 0.2) is 11.5 Å². The number of aromatic nitrogens is 2. The molecular weight excluding hydrogens is 418 g/mol. The van der Waals surface area contributed by atoms with Crippen molar-refractivity contribution in [2.24, 2.45) is 0 Å². The SMILES string of the molecule is CC(=O)Cc1cc(-c2nc(C(=O)NCCCCO)c(-c3ccccc3Cl)o2)c(C)cn1. The molecule has 0 aliphatic heterocycles. The lowest BCUT2D eigenvalue weighted by molar-refractivity contribution is -0.116. The number of rotatable bonds is 9. The van der Waals surface area contributed by atoms with Crippen molar-refractivity contribution in [3.05, 3.63) is 58.5 Å². The van der Waals surface area contributed by atoms with Crippen molar-refractivity contribution in [1.82, 2.24) is 15.3 Å². The number of nitrogens with one attached hydrogen (secondary N) is 1. The Labute approximate surface area is 185 Å². The van der Waals surface area contributed by atoms with Crippen LogP contribution in [0, 0.1) is 6.92 Å². The molecule has 31 heavy (non-hydrogen) atoms. The van der Waals surface area contributed by atoms with Gasteiger partial charge in [0.05, 0.1) is 5.02 Å². The molecule has 0 spiro atoms. The number of hydrogen-bond acceptors (Lipinski definition) is 6. The summed E-state index contributed by atoms with van der Waals surface area (Å²) in [6.07, 6.45) is 3.09. The van der Waals surface area contributed by atoms with Crippen molar-refractivity contribution in [3.63, 3.8) is 0 Å². The third-order valence-electron chi connectivity index (χ3n) is 4.65. The number of ketones is 1. The maximum atomic E-state index is 12.9. The lowest BCUT2D eigenvalue weighted by atomic mass is 10.1. The molecule has 162 valence electrons. The van der Waals surface area contributed by atoms with Crippen LogP contribution < -0.4 is 5.32 Å². The van der Waals surface area contributed by atoms with Crippen LogP contribution in [0.25, 0.3) is 22.8 Å². The molecule has 0 bridgehead atoms. The molecule has 1 aromatic carbocycles. The van der Waals surface area contributed by atoms with E-state index < -0.39 is 5.91 Å². The van der Waals surface area contributed by atoms with E-state index in [1.807, 2.05) is 6.92 Å². The number of halogens is 1. The molecular formula is C23H24ClN3O4. The van der Waals surface area contributed by atoms with Crippen molar-refractivity contribution in [2.45, 2.75) is 33.1 Å². The predicted octanol–water partition coefficient (Wildman–Crippen LogP) is 4.00. The zero-order chi connectivity index (χ0) is 22.4. The maximum Gasteiger partial charge on any atom is 0.273 e. The first kappa shape index (κ1) is 22.7. The molecule has 0 saturated carbocycles. The second-order valence-corrected chi connectivity index (χ2v) is 7.64. The third kappa shape index (κ3) is 5.57. The van der Waals surface area contributed by atoms with E-state index in [-0.39, 0.29) is 36.2 Å². The van der Waals surface area contributed by atoms with E-state index in [9.17, 15) is 9.59 Å². The van der Waals surface area contributed by atoms with Crippen LogP contribution in [-0.4, -0.2) is 39.9 Å². The van der Waals surface area contributed by atoms with Gasteiger partial charge < -0.3 is 14.8 Å². The predicted molar refractivity (Wildman–Crippen MR) is 118 cm³/mol. The van der Waals surface area contributed by atoms with Gasteiger partial charge in [-0.3, -0.25) is 14.6 Å². The molecule has 7 nitrogen and oxygen atoms in total. The lowest BCUT2D eigenvalue weighted by Crippen LogP contribution is -2.25. The van der Waals surface area contributed by atoms with Gasteiger partial charge in [-0.05, 0) is 50.5 Å². The fraction of sp³-hybridized carbons (Fsp3) is 0.304. The first-order valence-electron chi connectivity index (χ1n) is 10.0. The molecule has 0 aliphatic carbocycles. The Morgan fingerprint density at radius 1 is 1.19 bits per heavy atom. The molecule has 2 aromatic heterocycles. The molecule has 3 rings (SSSR count). The van der Waals surface area contributed by atoms with Crippen LogP contribution in [0.15, 0.2) is 40.9 Å². The van der Waals surface area contributed by atoms with E-state index in [0.717, 1.165) is 5.56 Å². The van der Waals surface area contributed by atoms with Crippen LogP contribution in [-0.2, 0) is 11.2 Å². The van der Waals surface area contributed by atoms with Crippen molar-refractivity contribution in [3.8, 4) is 22.8 Å². The van der Waals surface area contributed by atoms with E-state index in [1.54, 1.807) is 36.5 Å². The monoisotopic (exact) mass is 441 g/mol. The Balaban J connectivity index is 2.04. The number of unbranched alkanes of at least 4 members (excludes halogenated alkanes) is 1. The van der Waals surface area contributed by atoms with Gasteiger partial charge in [0.2, 0.25) is 5.89 Å². The number of aliphatic hydroxyl groups is 1. The normalized spacial score (nSPS) is 10.8. The standard InChI is InChI=1S/C23H24ClN3O4/c1-14-13-26-16(11-15(2)29)12-18(14)23-27-20(22(30)25-9-5-6-10-28)21(31-23)17-7-3-4-8-19(17)24/h3-4,7-8,12-13,28H,5-6,9-11H2,1-2H3,(H,25,30). The molecule has 0 atom stereocenters. The van der Waals surface area contributed by atoms with Crippen molar-refractivity contribution in [2.75, 3.05) is 13.2 Å². The molecule has 3 aromatic rings. The van der Waals surface area contributed by atoms with Crippen LogP contribution in [0.5, 0.6) is 0 Å². The fourth-order valence-corrected chi connectivity index (χ4v) is 3.31. The van der Waals surface area contributed by atoms with Crippen molar-refractivity contribution in [1.29, 1.82) is 0 Å². The number of pyridine rings is 1. The maximum absolute atomic E-state index is 12.9. The van der Waals surface area contributed by atoms with Crippen molar-refractivity contribution < 1.29 is 19.1 Å². The highest BCUT2D eigenvalue weighted by Gasteiger charge is 2.24. The number of nitrogens with zero attached hydrogens (tertiary/aromatic N) is 2. The van der Waals surface area contributed by atoms with Crippen molar-refractivity contribution >= 4 is 23.3 Å². The summed E-state index contributed by atoms with van der Waals surface area (Å²) < 4.78 is 6.05. The second-order valence-electron chi connectivity index (χ2n) is 7.23. The molecule has 8 heteroatoms. The van der Waals surface area contributed by atoms with E-state index in [4.69, 9.17) is 21.1 Å². The second kappa shape index (κ2) is 10.3. The summed E-state index contributed by atoms with van der Waals surface area (Å²) in [6, 6.07) is 8.82. The van der Waals surface area contributed by atoms with E-state index in [0.29, 0.717) is 41.2 Å². The summed E-state index contributed by atoms with van der Waals surface area (Å²) in [6.45, 7) is 3.83. The smallest absolute Gasteiger partial charge is 0.273 e. The molecule has 0 aliphatic rings. The number of carbonyl (C=O) groups excluding carboxylic acids is 2. The van der Waals surface area contributed by atoms with Crippen LogP contribution in [0.3, 0.4) is 0 Å². The largest absolute Gasteiger partial charge is 0.435 e. The minimum Gasteiger partial charge on any atom is -0.435 e. The number of hydrogen-bond donors (Lipinski definition) is 2. The Kier molecular flexibility index (Phi) is 7.55. The first-order valence-corrected chi connectivity index (χ1v) is 10.4. The number of Topliss-reactive ketones (excluding diaryl/α,β-unsaturated/α-hetero) is 1.